The van der Waals surface area contributed by atoms with E-state index in [1.54, 1.807) is 19.2 Å². The summed E-state index contributed by atoms with van der Waals surface area (Å²) in [5, 5.41) is 3.75. The zero-order valence-corrected chi connectivity index (χ0v) is 16.9. The first-order valence-corrected chi connectivity index (χ1v) is 9.70. The van der Waals surface area contributed by atoms with Gasteiger partial charge in [0.1, 0.15) is 5.15 Å². The van der Waals surface area contributed by atoms with Crippen molar-refractivity contribution in [1.82, 2.24) is 10.3 Å². The summed E-state index contributed by atoms with van der Waals surface area (Å²) in [6.45, 7) is 8.22. The van der Waals surface area contributed by atoms with Gasteiger partial charge in [-0.3, -0.25) is 4.79 Å². The van der Waals surface area contributed by atoms with Crippen LogP contribution in [0.4, 0.5) is 0 Å². The number of carbonyl (C=O) groups excluding carboxylic acids is 2. The fraction of sp³-hybridized carbons (Fsp3) is 0.476. The van der Waals surface area contributed by atoms with Crippen LogP contribution in [-0.2, 0) is 14.3 Å². The van der Waals surface area contributed by atoms with Crippen molar-refractivity contribution in [2.24, 2.45) is 5.41 Å². The third kappa shape index (κ3) is 3.79. The van der Waals surface area contributed by atoms with Gasteiger partial charge in [0.2, 0.25) is 0 Å². The Hall–Kier alpha value is -2.14. The Morgan fingerprint density at radius 2 is 2.07 bits per heavy atom. The molecule has 144 valence electrons. The fourth-order valence-electron chi connectivity index (χ4n) is 3.97. The molecular weight excluding hydrogens is 364 g/mol. The maximum absolute atomic E-state index is 13.1. The molecule has 5 nitrogen and oxygen atoms in total. The van der Waals surface area contributed by atoms with E-state index < -0.39 is 11.9 Å². The van der Waals surface area contributed by atoms with Gasteiger partial charge in [0, 0.05) is 35.5 Å². The number of hydrogen-bond donors (Lipinski definition) is 1. The molecule has 1 aromatic rings. The third-order valence-electron chi connectivity index (χ3n) is 5.06. The molecule has 1 aromatic heterocycles. The van der Waals surface area contributed by atoms with Crippen LogP contribution in [-0.4, -0.2) is 23.3 Å². The molecule has 2 heterocycles. The van der Waals surface area contributed by atoms with Crippen molar-refractivity contribution in [2.45, 2.75) is 52.9 Å². The topological polar surface area (TPSA) is 68.3 Å². The molecule has 0 saturated heterocycles. The lowest BCUT2D eigenvalue weighted by Crippen LogP contribution is -2.39. The molecule has 1 N–H and O–H groups in total. The van der Waals surface area contributed by atoms with Gasteiger partial charge in [-0.2, -0.15) is 0 Å². The van der Waals surface area contributed by atoms with Gasteiger partial charge in [-0.1, -0.05) is 38.4 Å². The monoisotopic (exact) mass is 388 g/mol. The molecule has 1 aliphatic carbocycles. The van der Waals surface area contributed by atoms with Gasteiger partial charge in [-0.05, 0) is 36.8 Å². The zero-order chi connectivity index (χ0) is 19.8. The number of ether oxygens (including phenoxy) is 1. The minimum atomic E-state index is -0.483. The summed E-state index contributed by atoms with van der Waals surface area (Å²) < 4.78 is 5.33. The predicted molar refractivity (Wildman–Crippen MR) is 104 cm³/mol. The lowest BCUT2D eigenvalue weighted by Gasteiger charge is -2.39. The number of allylic oxidation sites excluding steroid dienone is 3. The van der Waals surface area contributed by atoms with Gasteiger partial charge in [0.15, 0.2) is 5.78 Å². The van der Waals surface area contributed by atoms with Gasteiger partial charge in [0.25, 0.3) is 0 Å². The maximum Gasteiger partial charge on any atom is 0.336 e. The average molecular weight is 389 g/mol. The molecule has 0 spiro atoms. The van der Waals surface area contributed by atoms with E-state index in [1.165, 1.54) is 0 Å². The van der Waals surface area contributed by atoms with Gasteiger partial charge < -0.3 is 10.1 Å². The number of aromatic nitrogens is 1. The molecule has 1 atom stereocenters. The van der Waals surface area contributed by atoms with Crippen LogP contribution in [0.2, 0.25) is 5.15 Å². The molecule has 2 aliphatic rings. The number of pyridine rings is 1. The first kappa shape index (κ1) is 19.6. The van der Waals surface area contributed by atoms with E-state index in [1.807, 2.05) is 13.0 Å². The van der Waals surface area contributed by atoms with Crippen molar-refractivity contribution >= 4 is 23.4 Å². The summed E-state index contributed by atoms with van der Waals surface area (Å²) in [6, 6.07) is 3.51. The minimum absolute atomic E-state index is 0.0608. The number of Topliss-reactive ketones (excluding diaryl/α,β-unsaturated/α-hetero) is 1. The number of halogens is 1. The van der Waals surface area contributed by atoms with Crippen LogP contribution in [0.3, 0.4) is 0 Å². The Kier molecular flexibility index (Phi) is 5.43. The van der Waals surface area contributed by atoms with E-state index in [9.17, 15) is 9.59 Å². The predicted octanol–water partition coefficient (Wildman–Crippen LogP) is 4.29. The zero-order valence-electron chi connectivity index (χ0n) is 16.2. The van der Waals surface area contributed by atoms with Crippen molar-refractivity contribution in [2.75, 3.05) is 6.61 Å². The number of nitrogens with zero attached hydrogens (tertiary/aromatic N) is 1. The largest absolute Gasteiger partial charge is 0.463 e. The van der Waals surface area contributed by atoms with Gasteiger partial charge in [0.05, 0.1) is 12.2 Å². The summed E-state index contributed by atoms with van der Waals surface area (Å²) in [6.07, 6.45) is 3.48. The Morgan fingerprint density at radius 3 is 2.67 bits per heavy atom. The van der Waals surface area contributed by atoms with Crippen molar-refractivity contribution in [3.05, 3.63) is 51.6 Å². The van der Waals surface area contributed by atoms with E-state index in [-0.39, 0.29) is 17.8 Å². The van der Waals surface area contributed by atoms with Crippen molar-refractivity contribution in [1.29, 1.82) is 0 Å². The van der Waals surface area contributed by atoms with Crippen LogP contribution in [0.1, 0.15) is 58.4 Å². The highest BCUT2D eigenvalue weighted by Crippen LogP contribution is 2.47. The first-order valence-electron chi connectivity index (χ1n) is 9.32. The standard InChI is InChI=1S/C21H25ClN2O3/c1-5-13-19(20(26)27-6-2)17(12-7-8-16(22)23-11-12)18-14(24-13)9-21(3,4)10-15(18)25/h7-8,11,17,24H,5-6,9-10H2,1-4H3. The van der Waals surface area contributed by atoms with Crippen molar-refractivity contribution in [3.63, 3.8) is 0 Å². The number of ketones is 1. The highest BCUT2D eigenvalue weighted by Gasteiger charge is 2.43. The summed E-state index contributed by atoms with van der Waals surface area (Å²) in [5.41, 5.74) is 3.51. The number of carbonyl (C=O) groups is 2. The highest BCUT2D eigenvalue weighted by molar-refractivity contribution is 6.29. The second-order valence-corrected chi connectivity index (χ2v) is 8.16. The molecule has 3 rings (SSSR count). The summed E-state index contributed by atoms with van der Waals surface area (Å²) in [4.78, 5) is 30.1. The molecular formula is C21H25ClN2O3. The molecule has 0 saturated carbocycles. The van der Waals surface area contributed by atoms with Gasteiger partial charge in [-0.15, -0.1) is 0 Å². The number of dihydropyridines is 1. The molecule has 6 heteroatoms. The lowest BCUT2D eigenvalue weighted by molar-refractivity contribution is -0.138. The Balaban J connectivity index is 2.20. The minimum Gasteiger partial charge on any atom is -0.463 e. The lowest BCUT2D eigenvalue weighted by atomic mass is 9.68. The molecule has 0 radical (unpaired) electrons. The normalized spacial score (nSPS) is 21.7. The SMILES string of the molecule is CCOC(=O)C1=C(CC)NC2=C(C(=O)CC(C)(C)C2)C1c1ccc(Cl)nc1. The molecule has 0 aromatic carbocycles. The second kappa shape index (κ2) is 7.47. The molecule has 1 unspecified atom stereocenters. The van der Waals surface area contributed by atoms with Gasteiger partial charge in [-0.25, -0.2) is 9.78 Å². The third-order valence-corrected chi connectivity index (χ3v) is 5.28. The summed E-state index contributed by atoms with van der Waals surface area (Å²) in [7, 11) is 0. The fourth-order valence-corrected chi connectivity index (χ4v) is 4.08. The van der Waals surface area contributed by atoms with E-state index in [2.05, 4.69) is 24.1 Å². The van der Waals surface area contributed by atoms with E-state index >= 15 is 0 Å². The van der Waals surface area contributed by atoms with Crippen LogP contribution in [0, 0.1) is 5.41 Å². The van der Waals surface area contributed by atoms with E-state index in [0.29, 0.717) is 29.1 Å². The average Bonchev–Trinajstić information content (AvgIpc) is 2.59. The Bertz CT molecular complexity index is 837. The molecule has 27 heavy (non-hydrogen) atoms. The quantitative estimate of drug-likeness (QED) is 0.615. The van der Waals surface area contributed by atoms with Crippen LogP contribution in [0.15, 0.2) is 40.9 Å². The van der Waals surface area contributed by atoms with E-state index in [0.717, 1.165) is 23.4 Å². The second-order valence-electron chi connectivity index (χ2n) is 7.77. The Labute approximate surface area is 164 Å². The number of esters is 1. The van der Waals surface area contributed by atoms with Crippen molar-refractivity contribution < 1.29 is 14.3 Å². The smallest absolute Gasteiger partial charge is 0.336 e. The summed E-state index contributed by atoms with van der Waals surface area (Å²) in [5.74, 6) is -0.819. The van der Waals surface area contributed by atoms with Crippen LogP contribution in [0.5, 0.6) is 0 Å². The summed E-state index contributed by atoms with van der Waals surface area (Å²) >= 11 is 5.95. The van der Waals surface area contributed by atoms with Crippen molar-refractivity contribution in [3.8, 4) is 0 Å². The maximum atomic E-state index is 13.1. The number of nitrogens with one attached hydrogen (secondary N) is 1. The molecule has 0 amide bonds. The van der Waals surface area contributed by atoms with Gasteiger partial charge >= 0.3 is 5.97 Å². The molecule has 1 aliphatic heterocycles. The number of rotatable bonds is 4. The van der Waals surface area contributed by atoms with Crippen LogP contribution in [0.25, 0.3) is 0 Å². The van der Waals surface area contributed by atoms with Crippen LogP contribution >= 0.6 is 11.6 Å². The van der Waals surface area contributed by atoms with Crippen LogP contribution < -0.4 is 5.32 Å². The Morgan fingerprint density at radius 1 is 1.33 bits per heavy atom. The number of hydrogen-bond acceptors (Lipinski definition) is 5. The highest BCUT2D eigenvalue weighted by atomic mass is 35.5. The molecule has 0 bridgehead atoms. The molecule has 0 fully saturated rings. The first-order chi connectivity index (χ1) is 12.8. The van der Waals surface area contributed by atoms with E-state index in [4.69, 9.17) is 16.3 Å².